The Morgan fingerprint density at radius 1 is 1.50 bits per heavy atom. The quantitative estimate of drug-likeness (QED) is 0.663. The van der Waals surface area contributed by atoms with Crippen molar-refractivity contribution < 1.29 is 10.0 Å². The molecule has 0 aromatic carbocycles. The molecule has 1 aromatic rings. The van der Waals surface area contributed by atoms with Crippen molar-refractivity contribution in [1.82, 2.24) is 0 Å². The fraction of sp³-hybridized carbons (Fsp3) is 0.500. The molecule has 0 radical (unpaired) electrons. The van der Waals surface area contributed by atoms with E-state index in [1.807, 2.05) is 11.4 Å². The first kappa shape index (κ1) is 8.29. The van der Waals surface area contributed by atoms with E-state index < -0.39 is 7.12 Å². The maximum Gasteiger partial charge on any atom is 0.499 e. The fourth-order valence-electron chi connectivity index (χ4n) is 1.38. The minimum atomic E-state index is -1.28. The standard InChI is InChI=1S/C8H11BO2S/c10-9(11)8-7(3-4-12-8)5-6-1-2-6/h3-4,6,10-11H,1-2,5H2. The molecule has 0 saturated heterocycles. The first-order valence-corrected chi connectivity index (χ1v) is 5.07. The molecule has 1 aliphatic rings. The summed E-state index contributed by atoms with van der Waals surface area (Å²) in [7, 11) is -1.28. The summed E-state index contributed by atoms with van der Waals surface area (Å²) >= 11 is 1.43. The van der Waals surface area contributed by atoms with Gasteiger partial charge >= 0.3 is 7.12 Å². The Morgan fingerprint density at radius 3 is 2.83 bits per heavy atom. The smallest absolute Gasteiger partial charge is 0.423 e. The molecule has 1 fully saturated rings. The summed E-state index contributed by atoms with van der Waals surface area (Å²) in [6.07, 6.45) is 3.63. The van der Waals surface area contributed by atoms with Crippen LogP contribution in [0.5, 0.6) is 0 Å². The molecule has 2 nitrogen and oxygen atoms in total. The predicted octanol–water partition coefficient (Wildman–Crippen LogP) is 0.380. The van der Waals surface area contributed by atoms with Crippen molar-refractivity contribution in [2.75, 3.05) is 0 Å². The summed E-state index contributed by atoms with van der Waals surface area (Å²) in [6.45, 7) is 0. The lowest BCUT2D eigenvalue weighted by Gasteiger charge is -2.00. The van der Waals surface area contributed by atoms with Crippen LogP contribution < -0.4 is 4.78 Å². The summed E-state index contributed by atoms with van der Waals surface area (Å²) in [6, 6.07) is 2.00. The van der Waals surface area contributed by atoms with Crippen LogP contribution in [-0.4, -0.2) is 17.2 Å². The molecule has 12 heavy (non-hydrogen) atoms. The minimum absolute atomic E-state index is 0.724. The van der Waals surface area contributed by atoms with E-state index in [-0.39, 0.29) is 0 Å². The van der Waals surface area contributed by atoms with Crippen LogP contribution in [0, 0.1) is 5.92 Å². The van der Waals surface area contributed by atoms with Crippen LogP contribution in [0.15, 0.2) is 11.4 Å². The van der Waals surface area contributed by atoms with Gasteiger partial charge in [0.2, 0.25) is 0 Å². The highest BCUT2D eigenvalue weighted by molar-refractivity contribution is 7.20. The van der Waals surface area contributed by atoms with Crippen molar-refractivity contribution in [2.45, 2.75) is 19.3 Å². The molecule has 1 heterocycles. The van der Waals surface area contributed by atoms with Crippen LogP contribution >= 0.6 is 11.3 Å². The highest BCUT2D eigenvalue weighted by Gasteiger charge is 2.25. The summed E-state index contributed by atoms with van der Waals surface area (Å²) in [5.41, 5.74) is 1.12. The zero-order chi connectivity index (χ0) is 8.55. The highest BCUT2D eigenvalue weighted by atomic mass is 32.1. The van der Waals surface area contributed by atoms with Gasteiger partial charge in [0, 0.05) is 4.78 Å². The van der Waals surface area contributed by atoms with Crippen molar-refractivity contribution in [1.29, 1.82) is 0 Å². The number of rotatable bonds is 3. The summed E-state index contributed by atoms with van der Waals surface area (Å²) < 4.78 is 0.724. The van der Waals surface area contributed by atoms with E-state index in [1.165, 1.54) is 24.2 Å². The van der Waals surface area contributed by atoms with Gasteiger partial charge in [-0.15, -0.1) is 0 Å². The zero-order valence-electron chi connectivity index (χ0n) is 6.73. The SMILES string of the molecule is OB(O)c1sccc1CC1CC1. The Labute approximate surface area is 76.0 Å². The second kappa shape index (κ2) is 3.20. The second-order valence-corrected chi connectivity index (χ2v) is 4.28. The molecule has 1 aliphatic carbocycles. The Kier molecular flexibility index (Phi) is 2.21. The lowest BCUT2D eigenvalue weighted by atomic mass is 9.85. The first-order valence-electron chi connectivity index (χ1n) is 4.20. The zero-order valence-corrected chi connectivity index (χ0v) is 7.55. The lowest BCUT2D eigenvalue weighted by molar-refractivity contribution is 0.426. The van der Waals surface area contributed by atoms with Gasteiger partial charge in [-0.05, 0) is 42.2 Å². The van der Waals surface area contributed by atoms with Crippen molar-refractivity contribution >= 4 is 23.2 Å². The summed E-state index contributed by atoms with van der Waals surface area (Å²) in [4.78, 5) is 0. The topological polar surface area (TPSA) is 40.5 Å². The van der Waals surface area contributed by atoms with Gasteiger partial charge in [0.1, 0.15) is 0 Å². The largest absolute Gasteiger partial charge is 0.499 e. The molecule has 2 rings (SSSR count). The van der Waals surface area contributed by atoms with Gasteiger partial charge in [-0.2, -0.15) is 11.3 Å². The maximum atomic E-state index is 8.99. The normalized spacial score (nSPS) is 16.5. The molecule has 1 aromatic heterocycles. The van der Waals surface area contributed by atoms with E-state index in [2.05, 4.69) is 0 Å². The fourth-order valence-corrected chi connectivity index (χ4v) is 2.18. The average Bonchev–Trinajstić information content (AvgIpc) is 2.66. The van der Waals surface area contributed by atoms with Crippen LogP contribution in [0.4, 0.5) is 0 Å². The Bertz CT molecular complexity index is 268. The number of hydrogen-bond donors (Lipinski definition) is 2. The monoisotopic (exact) mass is 182 g/mol. The highest BCUT2D eigenvalue weighted by Crippen LogP contribution is 2.32. The van der Waals surface area contributed by atoms with E-state index in [1.54, 1.807) is 0 Å². The van der Waals surface area contributed by atoms with Gasteiger partial charge in [-0.3, -0.25) is 0 Å². The molecular weight excluding hydrogens is 171 g/mol. The first-order chi connectivity index (χ1) is 5.77. The van der Waals surface area contributed by atoms with E-state index in [9.17, 15) is 0 Å². The van der Waals surface area contributed by atoms with E-state index in [4.69, 9.17) is 10.0 Å². The number of hydrogen-bond acceptors (Lipinski definition) is 3. The molecule has 0 aliphatic heterocycles. The summed E-state index contributed by atoms with van der Waals surface area (Å²) in [5.74, 6) is 0.803. The maximum absolute atomic E-state index is 8.99. The van der Waals surface area contributed by atoms with Crippen molar-refractivity contribution in [3.63, 3.8) is 0 Å². The summed E-state index contributed by atoms with van der Waals surface area (Å²) in [5, 5.41) is 19.9. The molecule has 0 spiro atoms. The molecule has 64 valence electrons. The molecule has 2 N–H and O–H groups in total. The minimum Gasteiger partial charge on any atom is -0.423 e. The van der Waals surface area contributed by atoms with Crippen molar-refractivity contribution in [3.8, 4) is 0 Å². The van der Waals surface area contributed by atoms with Gasteiger partial charge in [0.05, 0.1) is 0 Å². The molecule has 0 atom stereocenters. The molecule has 0 unspecified atom stereocenters. The average molecular weight is 182 g/mol. The van der Waals surface area contributed by atoms with Crippen LogP contribution in [0.1, 0.15) is 18.4 Å². The molecular formula is C8H11BO2S. The van der Waals surface area contributed by atoms with Gasteiger partial charge in [-0.25, -0.2) is 0 Å². The third-order valence-corrected chi connectivity index (χ3v) is 3.22. The number of thiophene rings is 1. The van der Waals surface area contributed by atoms with Gasteiger partial charge in [0.15, 0.2) is 0 Å². The van der Waals surface area contributed by atoms with Gasteiger partial charge in [-0.1, -0.05) is 0 Å². The van der Waals surface area contributed by atoms with Crippen LogP contribution in [-0.2, 0) is 6.42 Å². The Balaban J connectivity index is 2.11. The molecule has 0 amide bonds. The lowest BCUT2D eigenvalue weighted by Crippen LogP contribution is -2.29. The molecule has 1 saturated carbocycles. The van der Waals surface area contributed by atoms with Crippen LogP contribution in [0.3, 0.4) is 0 Å². The third kappa shape index (κ3) is 1.71. The van der Waals surface area contributed by atoms with Crippen molar-refractivity contribution in [3.05, 3.63) is 17.0 Å². The molecule has 4 heteroatoms. The second-order valence-electron chi connectivity index (χ2n) is 3.33. The van der Waals surface area contributed by atoms with Gasteiger partial charge < -0.3 is 10.0 Å². The molecule has 0 bridgehead atoms. The Hall–Kier alpha value is -0.315. The Morgan fingerprint density at radius 2 is 2.25 bits per heavy atom. The van der Waals surface area contributed by atoms with Gasteiger partial charge in [0.25, 0.3) is 0 Å². The van der Waals surface area contributed by atoms with Crippen molar-refractivity contribution in [2.24, 2.45) is 5.92 Å². The van der Waals surface area contributed by atoms with E-state index >= 15 is 0 Å². The predicted molar refractivity (Wildman–Crippen MR) is 50.6 cm³/mol. The third-order valence-electron chi connectivity index (χ3n) is 2.22. The van der Waals surface area contributed by atoms with E-state index in [0.717, 1.165) is 22.7 Å². The van der Waals surface area contributed by atoms with Crippen LogP contribution in [0.2, 0.25) is 0 Å². The van der Waals surface area contributed by atoms with E-state index in [0.29, 0.717) is 0 Å². The van der Waals surface area contributed by atoms with Crippen LogP contribution in [0.25, 0.3) is 0 Å².